The molecule has 1 aliphatic heterocycles. The Bertz CT molecular complexity index is 255. The van der Waals surface area contributed by atoms with Crippen LogP contribution in [0.3, 0.4) is 0 Å². The number of amides is 1. The number of nitrogens with zero attached hydrogens (tertiary/aromatic N) is 1. The maximum absolute atomic E-state index is 11.7. The van der Waals surface area contributed by atoms with Crippen molar-refractivity contribution in [1.29, 1.82) is 0 Å². The first kappa shape index (κ1) is 21.7. The quantitative estimate of drug-likeness (QED) is 0.502. The summed E-state index contributed by atoms with van der Waals surface area (Å²) in [5.41, 5.74) is 0. The van der Waals surface area contributed by atoms with Crippen LogP contribution in [0.1, 0.15) is 84.0 Å². The second-order valence-corrected chi connectivity index (χ2v) is 6.52. The highest BCUT2D eigenvalue weighted by molar-refractivity contribution is 5.85. The molecule has 0 aromatic rings. The first-order valence-corrected chi connectivity index (χ1v) is 9.32. The van der Waals surface area contributed by atoms with E-state index in [4.69, 9.17) is 0 Å². The van der Waals surface area contributed by atoms with Crippen LogP contribution in [-0.4, -0.2) is 37.0 Å². The smallest absolute Gasteiger partial charge is 0.234 e. The topological polar surface area (TPSA) is 32.3 Å². The minimum Gasteiger partial charge on any atom is -0.355 e. The molecule has 0 spiro atoms. The normalized spacial score (nSPS) is 14.8. The van der Waals surface area contributed by atoms with Crippen LogP contribution in [0.2, 0.25) is 0 Å². The Morgan fingerprint density at radius 1 is 0.864 bits per heavy atom. The number of carbonyl (C=O) groups excluding carboxylic acids is 1. The van der Waals surface area contributed by atoms with Crippen molar-refractivity contribution >= 4 is 18.3 Å². The molecule has 0 radical (unpaired) electrons. The molecule has 1 fully saturated rings. The van der Waals surface area contributed by atoms with Crippen LogP contribution in [0, 0.1) is 0 Å². The van der Waals surface area contributed by atoms with Crippen molar-refractivity contribution in [3.63, 3.8) is 0 Å². The van der Waals surface area contributed by atoms with Crippen LogP contribution in [0.25, 0.3) is 0 Å². The lowest BCUT2D eigenvalue weighted by Crippen LogP contribution is -2.36. The summed E-state index contributed by atoms with van der Waals surface area (Å²) in [6.45, 7) is 5.95. The summed E-state index contributed by atoms with van der Waals surface area (Å²) in [7, 11) is 0. The molecule has 132 valence electrons. The van der Waals surface area contributed by atoms with Crippen LogP contribution in [-0.2, 0) is 4.79 Å². The van der Waals surface area contributed by atoms with E-state index in [1.807, 2.05) is 0 Å². The van der Waals surface area contributed by atoms with E-state index in [9.17, 15) is 4.79 Å². The molecule has 0 unspecified atom stereocenters. The van der Waals surface area contributed by atoms with E-state index >= 15 is 0 Å². The number of hydrogen-bond acceptors (Lipinski definition) is 2. The van der Waals surface area contributed by atoms with E-state index in [2.05, 4.69) is 17.1 Å². The first-order valence-electron chi connectivity index (χ1n) is 9.32. The van der Waals surface area contributed by atoms with Crippen LogP contribution in [0.4, 0.5) is 0 Å². The standard InChI is InChI=1S/C18H36N2O.ClH/c1-2-3-4-5-6-7-8-9-10-11-14-19-18(21)17-20-15-12-13-16-20;/h2-17H2,1H3,(H,19,21);1H. The molecule has 0 saturated carbocycles. The molecule has 4 heteroatoms. The van der Waals surface area contributed by atoms with Crippen molar-refractivity contribution in [3.05, 3.63) is 0 Å². The fourth-order valence-corrected chi connectivity index (χ4v) is 3.04. The lowest BCUT2D eigenvalue weighted by atomic mass is 10.1. The molecule has 1 saturated heterocycles. The molecule has 0 aliphatic carbocycles. The summed E-state index contributed by atoms with van der Waals surface area (Å²) in [5.74, 6) is 0.216. The number of carbonyl (C=O) groups is 1. The van der Waals surface area contributed by atoms with Gasteiger partial charge >= 0.3 is 0 Å². The third-order valence-electron chi connectivity index (χ3n) is 4.42. The molecular formula is C18H37ClN2O. The van der Waals surface area contributed by atoms with Crippen LogP contribution >= 0.6 is 12.4 Å². The molecule has 1 heterocycles. The molecule has 1 amide bonds. The van der Waals surface area contributed by atoms with Gasteiger partial charge in [-0.1, -0.05) is 64.7 Å². The summed E-state index contributed by atoms with van der Waals surface area (Å²) in [4.78, 5) is 14.0. The number of nitrogens with one attached hydrogen (secondary N) is 1. The maximum atomic E-state index is 11.7. The third-order valence-corrected chi connectivity index (χ3v) is 4.42. The number of halogens is 1. The third kappa shape index (κ3) is 12.3. The van der Waals surface area contributed by atoms with Gasteiger partial charge in [0.2, 0.25) is 5.91 Å². The van der Waals surface area contributed by atoms with Crippen molar-refractivity contribution in [1.82, 2.24) is 10.2 Å². The van der Waals surface area contributed by atoms with Gasteiger partial charge in [-0.3, -0.25) is 9.69 Å². The monoisotopic (exact) mass is 332 g/mol. The highest BCUT2D eigenvalue weighted by Gasteiger charge is 2.14. The van der Waals surface area contributed by atoms with Gasteiger partial charge in [0.25, 0.3) is 0 Å². The van der Waals surface area contributed by atoms with Crippen LogP contribution in [0.5, 0.6) is 0 Å². The summed E-state index contributed by atoms with van der Waals surface area (Å²) in [6, 6.07) is 0. The largest absolute Gasteiger partial charge is 0.355 e. The summed E-state index contributed by atoms with van der Waals surface area (Å²) in [6.07, 6.45) is 16.0. The van der Waals surface area contributed by atoms with E-state index in [0.29, 0.717) is 6.54 Å². The van der Waals surface area contributed by atoms with Crippen molar-refractivity contribution < 1.29 is 4.79 Å². The molecule has 0 aromatic carbocycles. The van der Waals surface area contributed by atoms with Gasteiger partial charge in [0.15, 0.2) is 0 Å². The number of likely N-dealkylation sites (tertiary alicyclic amines) is 1. The lowest BCUT2D eigenvalue weighted by molar-refractivity contribution is -0.122. The highest BCUT2D eigenvalue weighted by atomic mass is 35.5. The Labute approximate surface area is 144 Å². The zero-order valence-electron chi connectivity index (χ0n) is 14.6. The first-order chi connectivity index (χ1) is 10.3. The van der Waals surface area contributed by atoms with Gasteiger partial charge in [-0.2, -0.15) is 0 Å². The fourth-order valence-electron chi connectivity index (χ4n) is 3.04. The minimum atomic E-state index is 0. The maximum Gasteiger partial charge on any atom is 0.234 e. The van der Waals surface area contributed by atoms with Crippen molar-refractivity contribution in [2.75, 3.05) is 26.2 Å². The SMILES string of the molecule is CCCCCCCCCCCCNC(=O)CN1CCCC1.Cl. The van der Waals surface area contributed by atoms with Gasteiger partial charge in [0, 0.05) is 6.54 Å². The van der Waals surface area contributed by atoms with Gasteiger partial charge < -0.3 is 5.32 Å². The number of rotatable bonds is 13. The Kier molecular flexibility index (Phi) is 15.4. The second-order valence-electron chi connectivity index (χ2n) is 6.52. The summed E-state index contributed by atoms with van der Waals surface area (Å²) >= 11 is 0. The van der Waals surface area contributed by atoms with Gasteiger partial charge in [0.05, 0.1) is 6.54 Å². The van der Waals surface area contributed by atoms with Gasteiger partial charge in [-0.15, -0.1) is 12.4 Å². The van der Waals surface area contributed by atoms with E-state index < -0.39 is 0 Å². The Morgan fingerprint density at radius 2 is 1.36 bits per heavy atom. The minimum absolute atomic E-state index is 0. The fraction of sp³-hybridized carbons (Fsp3) is 0.944. The molecular weight excluding hydrogens is 296 g/mol. The predicted octanol–water partition coefficient (Wildman–Crippen LogP) is 4.54. The van der Waals surface area contributed by atoms with Gasteiger partial charge in [-0.25, -0.2) is 0 Å². The molecule has 0 aromatic heterocycles. The zero-order valence-corrected chi connectivity index (χ0v) is 15.4. The van der Waals surface area contributed by atoms with Crippen molar-refractivity contribution in [2.24, 2.45) is 0 Å². The number of hydrogen-bond donors (Lipinski definition) is 1. The summed E-state index contributed by atoms with van der Waals surface area (Å²) in [5, 5.41) is 3.05. The van der Waals surface area contributed by atoms with Crippen molar-refractivity contribution in [3.8, 4) is 0 Å². The van der Waals surface area contributed by atoms with E-state index in [1.54, 1.807) is 0 Å². The molecule has 0 atom stereocenters. The molecule has 3 nitrogen and oxygen atoms in total. The molecule has 1 aliphatic rings. The highest BCUT2D eigenvalue weighted by Crippen LogP contribution is 2.10. The number of unbranched alkanes of at least 4 members (excludes halogenated alkanes) is 9. The van der Waals surface area contributed by atoms with Gasteiger partial charge in [0.1, 0.15) is 0 Å². The van der Waals surface area contributed by atoms with E-state index in [0.717, 1.165) is 26.1 Å². The van der Waals surface area contributed by atoms with E-state index in [-0.39, 0.29) is 18.3 Å². The van der Waals surface area contributed by atoms with Crippen LogP contribution in [0.15, 0.2) is 0 Å². The average molecular weight is 333 g/mol. The van der Waals surface area contributed by atoms with Gasteiger partial charge in [-0.05, 0) is 32.4 Å². The van der Waals surface area contributed by atoms with Crippen LogP contribution < -0.4 is 5.32 Å². The zero-order chi connectivity index (χ0) is 15.2. The van der Waals surface area contributed by atoms with E-state index in [1.165, 1.54) is 70.6 Å². The molecule has 0 bridgehead atoms. The Balaban J connectivity index is 0.00000441. The molecule has 22 heavy (non-hydrogen) atoms. The summed E-state index contributed by atoms with van der Waals surface area (Å²) < 4.78 is 0. The predicted molar refractivity (Wildman–Crippen MR) is 97.8 cm³/mol. The average Bonchev–Trinajstić information content (AvgIpc) is 2.97. The Morgan fingerprint density at radius 3 is 1.91 bits per heavy atom. The molecule has 1 rings (SSSR count). The second kappa shape index (κ2) is 15.6. The molecule has 1 N–H and O–H groups in total. The Hall–Kier alpha value is -0.280. The van der Waals surface area contributed by atoms with Crippen molar-refractivity contribution in [2.45, 2.75) is 84.0 Å². The lowest BCUT2D eigenvalue weighted by Gasteiger charge is -2.13.